The monoisotopic (exact) mass is 389 g/mol. The average molecular weight is 390 g/mol. The maximum absolute atomic E-state index is 12.9. The molecule has 2 aromatic rings. The Hall–Kier alpha value is -2.18. The van der Waals surface area contributed by atoms with E-state index in [0.717, 1.165) is 5.56 Å². The number of ether oxygens (including phenoxy) is 1. The summed E-state index contributed by atoms with van der Waals surface area (Å²) in [5, 5.41) is -1.38. The van der Waals surface area contributed by atoms with Crippen LogP contribution in [0.1, 0.15) is 32.8 Å². The van der Waals surface area contributed by atoms with Crippen LogP contribution in [0.4, 0.5) is 0 Å². The predicted octanol–water partition coefficient (Wildman–Crippen LogP) is 3.34. The number of benzene rings is 2. The Morgan fingerprint density at radius 1 is 1.00 bits per heavy atom. The van der Waals surface area contributed by atoms with Crippen LogP contribution in [0.5, 0.6) is 0 Å². The molecule has 0 aliphatic carbocycles. The highest BCUT2D eigenvalue weighted by Crippen LogP contribution is 2.25. The van der Waals surface area contributed by atoms with Gasteiger partial charge in [-0.1, -0.05) is 48.5 Å². The second-order valence-electron chi connectivity index (χ2n) is 7.49. The lowest BCUT2D eigenvalue weighted by atomic mass is 9.99. The molecule has 2 atom stereocenters. The Labute approximate surface area is 161 Å². The third-order valence-electron chi connectivity index (χ3n) is 4.12. The highest BCUT2D eigenvalue weighted by molar-refractivity contribution is 7.92. The molecule has 0 aliphatic heterocycles. The molecule has 0 saturated carbocycles. The minimum absolute atomic E-state index is 0.103. The molecule has 0 radical (unpaired) electrons. The van der Waals surface area contributed by atoms with Crippen molar-refractivity contribution in [3.63, 3.8) is 0 Å². The SMILES string of the molecule is CC(C)(C)OC(=O)C(CCc1ccccc1)C(N)S(=O)(=O)c1ccccc1. The van der Waals surface area contributed by atoms with Gasteiger partial charge in [0.15, 0.2) is 9.84 Å². The zero-order chi connectivity index (χ0) is 20.1. The van der Waals surface area contributed by atoms with E-state index in [1.54, 1.807) is 39.0 Å². The highest BCUT2D eigenvalue weighted by Gasteiger charge is 2.38. The van der Waals surface area contributed by atoms with Gasteiger partial charge in [0.25, 0.3) is 0 Å². The maximum Gasteiger partial charge on any atom is 0.312 e. The van der Waals surface area contributed by atoms with Crippen LogP contribution < -0.4 is 5.73 Å². The number of carbonyl (C=O) groups excluding carboxylic acids is 1. The maximum atomic E-state index is 12.9. The number of rotatable bonds is 7. The molecule has 27 heavy (non-hydrogen) atoms. The summed E-state index contributed by atoms with van der Waals surface area (Å²) in [6, 6.07) is 17.5. The lowest BCUT2D eigenvalue weighted by Gasteiger charge is -2.27. The summed E-state index contributed by atoms with van der Waals surface area (Å²) in [6.07, 6.45) is 0.814. The van der Waals surface area contributed by atoms with Crippen LogP contribution in [-0.2, 0) is 25.8 Å². The third kappa shape index (κ3) is 5.91. The van der Waals surface area contributed by atoms with Crippen LogP contribution >= 0.6 is 0 Å². The predicted molar refractivity (Wildman–Crippen MR) is 106 cm³/mol. The van der Waals surface area contributed by atoms with Crippen molar-refractivity contribution in [3.8, 4) is 0 Å². The van der Waals surface area contributed by atoms with Gasteiger partial charge in [-0.3, -0.25) is 4.79 Å². The fourth-order valence-electron chi connectivity index (χ4n) is 2.74. The first-order chi connectivity index (χ1) is 12.6. The van der Waals surface area contributed by atoms with Gasteiger partial charge >= 0.3 is 5.97 Å². The normalized spacial score (nSPS) is 14.4. The molecule has 146 valence electrons. The van der Waals surface area contributed by atoms with Crippen LogP contribution in [0.2, 0.25) is 0 Å². The van der Waals surface area contributed by atoms with E-state index in [-0.39, 0.29) is 11.3 Å². The van der Waals surface area contributed by atoms with Crippen LogP contribution in [0.3, 0.4) is 0 Å². The lowest BCUT2D eigenvalue weighted by molar-refractivity contribution is -0.160. The number of aryl methyl sites for hydroxylation is 1. The first-order valence-corrected chi connectivity index (χ1v) is 10.5. The standard InChI is InChI=1S/C21H27NO4S/c1-21(2,3)26-20(23)18(15-14-16-10-6-4-7-11-16)19(22)27(24,25)17-12-8-5-9-13-17/h4-13,18-19H,14-15,22H2,1-3H3. The summed E-state index contributed by atoms with van der Waals surface area (Å²) in [5.41, 5.74) is 6.41. The smallest absolute Gasteiger partial charge is 0.312 e. The van der Waals surface area contributed by atoms with E-state index in [1.165, 1.54) is 12.1 Å². The van der Waals surface area contributed by atoms with E-state index in [1.807, 2.05) is 30.3 Å². The highest BCUT2D eigenvalue weighted by atomic mass is 32.2. The van der Waals surface area contributed by atoms with Crippen molar-refractivity contribution >= 4 is 15.8 Å². The van der Waals surface area contributed by atoms with E-state index in [0.29, 0.717) is 6.42 Å². The summed E-state index contributed by atoms with van der Waals surface area (Å²) in [7, 11) is -3.87. The Morgan fingerprint density at radius 2 is 1.52 bits per heavy atom. The molecule has 6 heteroatoms. The molecule has 0 fully saturated rings. The van der Waals surface area contributed by atoms with Crippen molar-refractivity contribution in [2.45, 2.75) is 49.5 Å². The molecule has 2 unspecified atom stereocenters. The van der Waals surface area contributed by atoms with Crippen molar-refractivity contribution in [2.75, 3.05) is 0 Å². The largest absolute Gasteiger partial charge is 0.460 e. The zero-order valence-corrected chi connectivity index (χ0v) is 16.8. The fourth-order valence-corrected chi connectivity index (χ4v) is 4.27. The summed E-state index contributed by atoms with van der Waals surface area (Å²) < 4.78 is 31.3. The second-order valence-corrected chi connectivity index (χ2v) is 9.59. The molecule has 5 nitrogen and oxygen atoms in total. The van der Waals surface area contributed by atoms with Gasteiger partial charge in [-0.15, -0.1) is 0 Å². The van der Waals surface area contributed by atoms with Crippen LogP contribution in [0.25, 0.3) is 0 Å². The first kappa shape index (κ1) is 21.1. The van der Waals surface area contributed by atoms with E-state index < -0.39 is 32.7 Å². The topological polar surface area (TPSA) is 86.5 Å². The van der Waals surface area contributed by atoms with Gasteiger partial charge in [-0.2, -0.15) is 0 Å². The third-order valence-corrected chi connectivity index (χ3v) is 6.10. The molecule has 0 spiro atoms. The van der Waals surface area contributed by atoms with Gasteiger partial charge in [0.05, 0.1) is 10.8 Å². The van der Waals surface area contributed by atoms with Gasteiger partial charge < -0.3 is 10.5 Å². The molecule has 0 aliphatic rings. The molecule has 2 N–H and O–H groups in total. The Balaban J connectivity index is 2.28. The minimum atomic E-state index is -3.87. The second kappa shape index (κ2) is 8.67. The molecule has 0 amide bonds. The van der Waals surface area contributed by atoms with Crippen molar-refractivity contribution in [3.05, 3.63) is 66.2 Å². The molecular weight excluding hydrogens is 362 g/mol. The zero-order valence-electron chi connectivity index (χ0n) is 16.0. The average Bonchev–Trinajstić information content (AvgIpc) is 2.62. The van der Waals surface area contributed by atoms with Crippen molar-refractivity contribution in [2.24, 2.45) is 11.7 Å². The number of hydrogen-bond donors (Lipinski definition) is 1. The number of esters is 1. The summed E-state index contributed by atoms with van der Waals surface area (Å²) in [4.78, 5) is 12.8. The number of carbonyl (C=O) groups is 1. The van der Waals surface area contributed by atoms with Gasteiger partial charge in [-0.05, 0) is 51.3 Å². The molecule has 0 heterocycles. The quantitative estimate of drug-likeness (QED) is 0.734. The Bertz CT molecular complexity index is 843. The Kier molecular flexibility index (Phi) is 6.78. The summed E-state index contributed by atoms with van der Waals surface area (Å²) in [5.74, 6) is -1.56. The van der Waals surface area contributed by atoms with Crippen LogP contribution in [-0.4, -0.2) is 25.4 Å². The molecule has 0 aromatic heterocycles. The van der Waals surface area contributed by atoms with Gasteiger partial charge in [0, 0.05) is 0 Å². The summed E-state index contributed by atoms with van der Waals surface area (Å²) in [6.45, 7) is 5.24. The van der Waals surface area contributed by atoms with Crippen LogP contribution in [0.15, 0.2) is 65.6 Å². The van der Waals surface area contributed by atoms with Crippen molar-refractivity contribution < 1.29 is 17.9 Å². The fraction of sp³-hybridized carbons (Fsp3) is 0.381. The first-order valence-electron chi connectivity index (χ1n) is 8.92. The van der Waals surface area contributed by atoms with E-state index in [4.69, 9.17) is 10.5 Å². The molecule has 0 bridgehead atoms. The van der Waals surface area contributed by atoms with E-state index in [2.05, 4.69) is 0 Å². The Morgan fingerprint density at radius 3 is 2.04 bits per heavy atom. The van der Waals surface area contributed by atoms with Gasteiger partial charge in [0.2, 0.25) is 0 Å². The number of nitrogens with two attached hydrogens (primary N) is 1. The lowest BCUT2D eigenvalue weighted by Crippen LogP contribution is -2.44. The van der Waals surface area contributed by atoms with Crippen LogP contribution in [0, 0.1) is 5.92 Å². The molecular formula is C21H27NO4S. The molecule has 0 saturated heterocycles. The minimum Gasteiger partial charge on any atom is -0.460 e. The number of hydrogen-bond acceptors (Lipinski definition) is 5. The van der Waals surface area contributed by atoms with Gasteiger partial charge in [-0.25, -0.2) is 8.42 Å². The molecule has 2 rings (SSSR count). The van der Waals surface area contributed by atoms with Crippen molar-refractivity contribution in [1.82, 2.24) is 0 Å². The summed E-state index contributed by atoms with van der Waals surface area (Å²) >= 11 is 0. The van der Waals surface area contributed by atoms with E-state index in [9.17, 15) is 13.2 Å². The number of sulfone groups is 1. The van der Waals surface area contributed by atoms with E-state index >= 15 is 0 Å². The molecule has 2 aromatic carbocycles. The van der Waals surface area contributed by atoms with Gasteiger partial charge in [0.1, 0.15) is 11.0 Å². The van der Waals surface area contributed by atoms with Crippen molar-refractivity contribution in [1.29, 1.82) is 0 Å².